The van der Waals surface area contributed by atoms with Gasteiger partial charge in [-0.3, -0.25) is 9.78 Å². The number of carbonyl (C=O) groups excluding carboxylic acids is 1. The van der Waals surface area contributed by atoms with Gasteiger partial charge in [-0.2, -0.15) is 0 Å². The number of hydrogen-bond acceptors (Lipinski definition) is 4. The summed E-state index contributed by atoms with van der Waals surface area (Å²) in [4.78, 5) is 16.0. The molecule has 0 fully saturated rings. The van der Waals surface area contributed by atoms with Gasteiger partial charge in [0.05, 0.1) is 11.8 Å². The molecule has 0 radical (unpaired) electrons. The summed E-state index contributed by atoms with van der Waals surface area (Å²) in [6.07, 6.45) is 3.72. The van der Waals surface area contributed by atoms with Crippen molar-refractivity contribution in [3.8, 4) is 11.6 Å². The van der Waals surface area contributed by atoms with Crippen LogP contribution in [0.15, 0.2) is 42.7 Å². The lowest BCUT2D eigenvalue weighted by atomic mass is 9.96. The minimum Gasteiger partial charge on any atom is -0.505 e. The number of fused-ring (bicyclic) bond motifs is 2. The zero-order chi connectivity index (χ0) is 20.0. The van der Waals surface area contributed by atoms with E-state index in [1.54, 1.807) is 31.6 Å². The van der Waals surface area contributed by atoms with E-state index in [-0.39, 0.29) is 34.8 Å². The molecule has 0 atom stereocenters. The van der Waals surface area contributed by atoms with E-state index in [4.69, 9.17) is 5.73 Å². The molecule has 142 valence electrons. The van der Waals surface area contributed by atoms with Crippen molar-refractivity contribution in [1.29, 1.82) is 0 Å². The largest absolute Gasteiger partial charge is 0.505 e. The summed E-state index contributed by atoms with van der Waals surface area (Å²) >= 11 is 0. The van der Waals surface area contributed by atoms with Crippen LogP contribution in [0, 0.1) is 5.82 Å². The summed E-state index contributed by atoms with van der Waals surface area (Å²) in [5.41, 5.74) is 8.06. The molecule has 1 amide bonds. The highest BCUT2D eigenvalue weighted by molar-refractivity contribution is 6.10. The van der Waals surface area contributed by atoms with Gasteiger partial charge in [0.2, 0.25) is 11.8 Å². The van der Waals surface area contributed by atoms with E-state index in [2.05, 4.69) is 4.98 Å². The first kappa shape index (κ1) is 17.8. The fourth-order valence-corrected chi connectivity index (χ4v) is 3.57. The average Bonchev–Trinajstić information content (AvgIpc) is 2.95. The number of rotatable bonds is 4. The van der Waals surface area contributed by atoms with E-state index in [1.807, 2.05) is 6.07 Å². The van der Waals surface area contributed by atoms with Crippen LogP contribution in [0.1, 0.15) is 16.7 Å². The first-order valence-corrected chi connectivity index (χ1v) is 8.68. The number of phenols is 1. The van der Waals surface area contributed by atoms with Crippen LogP contribution in [-0.2, 0) is 24.7 Å². The molecule has 2 heterocycles. The topological polar surface area (TPSA) is 101 Å². The predicted octanol–water partition coefficient (Wildman–Crippen LogP) is 2.90. The number of halogens is 1. The van der Waals surface area contributed by atoms with Crippen molar-refractivity contribution in [1.82, 2.24) is 9.55 Å². The lowest BCUT2D eigenvalue weighted by Crippen LogP contribution is -2.14. The Bertz CT molecular complexity index is 1230. The van der Waals surface area contributed by atoms with E-state index in [0.717, 1.165) is 11.1 Å². The lowest BCUT2D eigenvalue weighted by molar-refractivity contribution is -0.117. The normalized spacial score (nSPS) is 11.4. The summed E-state index contributed by atoms with van der Waals surface area (Å²) in [6, 6.07) is 8.02. The van der Waals surface area contributed by atoms with Crippen LogP contribution in [0.3, 0.4) is 0 Å². The maximum absolute atomic E-state index is 13.1. The Hall–Kier alpha value is -3.61. The SMILES string of the molecule is Cn1cc2c(CC(N)=O)c3cc(Cc4ccc(F)cc4)cnc3c(O)c2c1O. The first-order chi connectivity index (χ1) is 13.3. The second-order valence-corrected chi connectivity index (χ2v) is 6.87. The van der Waals surface area contributed by atoms with Crippen molar-refractivity contribution in [2.75, 3.05) is 0 Å². The quantitative estimate of drug-likeness (QED) is 0.507. The van der Waals surface area contributed by atoms with E-state index in [1.165, 1.54) is 16.7 Å². The first-order valence-electron chi connectivity index (χ1n) is 8.68. The van der Waals surface area contributed by atoms with Crippen molar-refractivity contribution in [3.05, 3.63) is 65.2 Å². The summed E-state index contributed by atoms with van der Waals surface area (Å²) in [5.74, 6) is -1.09. The van der Waals surface area contributed by atoms with Gasteiger partial charge in [0, 0.05) is 30.2 Å². The Labute approximate surface area is 159 Å². The number of aryl methyl sites for hydroxylation is 1. The summed E-state index contributed by atoms with van der Waals surface area (Å²) < 4.78 is 14.6. The van der Waals surface area contributed by atoms with Crippen molar-refractivity contribution >= 4 is 27.6 Å². The highest BCUT2D eigenvalue weighted by atomic mass is 19.1. The number of aromatic nitrogens is 2. The van der Waals surface area contributed by atoms with Crippen molar-refractivity contribution < 1.29 is 19.4 Å². The number of primary amides is 1. The molecule has 2 aromatic carbocycles. The summed E-state index contributed by atoms with van der Waals surface area (Å²) in [7, 11) is 1.64. The minimum absolute atomic E-state index is 0.0571. The molecule has 0 saturated carbocycles. The standard InChI is InChI=1S/C21H18FN3O3/c1-25-10-16-14(8-17(23)26)15-7-12(6-11-2-4-13(22)5-3-11)9-24-19(15)20(27)18(16)21(25)28/h2-5,7,9-10,27-28H,6,8H2,1H3,(H2,23,26). The number of aromatic hydroxyl groups is 2. The molecule has 0 unspecified atom stereocenters. The molecule has 7 heteroatoms. The van der Waals surface area contributed by atoms with Crippen LogP contribution < -0.4 is 5.73 Å². The maximum Gasteiger partial charge on any atom is 0.221 e. The van der Waals surface area contributed by atoms with Crippen LogP contribution in [0.4, 0.5) is 4.39 Å². The van der Waals surface area contributed by atoms with Gasteiger partial charge in [0.1, 0.15) is 11.3 Å². The predicted molar refractivity (Wildman–Crippen MR) is 104 cm³/mol. The number of nitrogens with zero attached hydrogens (tertiary/aromatic N) is 2. The Morgan fingerprint density at radius 1 is 1.18 bits per heavy atom. The smallest absolute Gasteiger partial charge is 0.221 e. The molecule has 4 aromatic rings. The Morgan fingerprint density at radius 2 is 1.89 bits per heavy atom. The third-order valence-electron chi connectivity index (χ3n) is 4.88. The Balaban J connectivity index is 1.94. The third kappa shape index (κ3) is 2.90. The fourth-order valence-electron chi connectivity index (χ4n) is 3.57. The molecule has 28 heavy (non-hydrogen) atoms. The molecule has 0 aliphatic carbocycles. The van der Waals surface area contributed by atoms with Gasteiger partial charge in [-0.1, -0.05) is 12.1 Å². The van der Waals surface area contributed by atoms with Crippen molar-refractivity contribution in [2.45, 2.75) is 12.8 Å². The second kappa shape index (κ2) is 6.53. The molecular formula is C21H18FN3O3. The number of pyridine rings is 1. The molecule has 6 nitrogen and oxygen atoms in total. The van der Waals surface area contributed by atoms with Crippen molar-refractivity contribution in [2.24, 2.45) is 12.8 Å². The third-order valence-corrected chi connectivity index (χ3v) is 4.88. The van der Waals surface area contributed by atoms with E-state index in [9.17, 15) is 19.4 Å². The molecule has 0 saturated heterocycles. The number of carbonyl (C=O) groups is 1. The van der Waals surface area contributed by atoms with E-state index >= 15 is 0 Å². The highest BCUT2D eigenvalue weighted by Crippen LogP contribution is 2.42. The van der Waals surface area contributed by atoms with Crippen LogP contribution in [0.5, 0.6) is 11.6 Å². The molecule has 0 spiro atoms. The fraction of sp³-hybridized carbons (Fsp3) is 0.143. The lowest BCUT2D eigenvalue weighted by Gasteiger charge is -2.11. The van der Waals surface area contributed by atoms with Crippen LogP contribution >= 0.6 is 0 Å². The number of benzene rings is 2. The number of amides is 1. The number of phenolic OH excluding ortho intramolecular Hbond substituents is 1. The van der Waals surface area contributed by atoms with Gasteiger partial charge in [-0.15, -0.1) is 0 Å². The van der Waals surface area contributed by atoms with Gasteiger partial charge in [-0.05, 0) is 41.3 Å². The Kier molecular flexibility index (Phi) is 4.15. The van der Waals surface area contributed by atoms with E-state index in [0.29, 0.717) is 22.8 Å². The number of nitrogens with two attached hydrogens (primary N) is 1. The zero-order valence-electron chi connectivity index (χ0n) is 15.1. The van der Waals surface area contributed by atoms with Crippen molar-refractivity contribution in [3.63, 3.8) is 0 Å². The van der Waals surface area contributed by atoms with Gasteiger partial charge in [-0.25, -0.2) is 4.39 Å². The van der Waals surface area contributed by atoms with Crippen LogP contribution in [0.25, 0.3) is 21.7 Å². The molecule has 0 bridgehead atoms. The van der Waals surface area contributed by atoms with Crippen LogP contribution in [-0.4, -0.2) is 25.7 Å². The average molecular weight is 379 g/mol. The van der Waals surface area contributed by atoms with Gasteiger partial charge < -0.3 is 20.5 Å². The van der Waals surface area contributed by atoms with Gasteiger partial charge >= 0.3 is 0 Å². The molecule has 4 N–H and O–H groups in total. The highest BCUT2D eigenvalue weighted by Gasteiger charge is 2.21. The minimum atomic E-state index is -0.527. The number of hydrogen-bond donors (Lipinski definition) is 3. The van der Waals surface area contributed by atoms with Crippen LogP contribution in [0.2, 0.25) is 0 Å². The molecule has 0 aliphatic heterocycles. The van der Waals surface area contributed by atoms with Gasteiger partial charge in [0.25, 0.3) is 0 Å². The molecular weight excluding hydrogens is 361 g/mol. The molecule has 4 rings (SSSR count). The zero-order valence-corrected chi connectivity index (χ0v) is 15.1. The maximum atomic E-state index is 13.1. The Morgan fingerprint density at radius 3 is 2.57 bits per heavy atom. The summed E-state index contributed by atoms with van der Waals surface area (Å²) in [5, 5.41) is 22.4. The van der Waals surface area contributed by atoms with E-state index < -0.39 is 5.91 Å². The van der Waals surface area contributed by atoms with Gasteiger partial charge in [0.15, 0.2) is 5.75 Å². The second-order valence-electron chi connectivity index (χ2n) is 6.87. The monoisotopic (exact) mass is 379 g/mol. The molecule has 2 aromatic heterocycles. The summed E-state index contributed by atoms with van der Waals surface area (Å²) in [6.45, 7) is 0. The molecule has 0 aliphatic rings.